The van der Waals surface area contributed by atoms with Gasteiger partial charge in [0, 0.05) is 47.5 Å². The van der Waals surface area contributed by atoms with Crippen molar-refractivity contribution in [3.63, 3.8) is 0 Å². The Balaban J connectivity index is 1.74. The van der Waals surface area contributed by atoms with E-state index in [9.17, 15) is 9.59 Å². The van der Waals surface area contributed by atoms with Gasteiger partial charge in [-0.05, 0) is 35.4 Å². The number of carbonyl (C=O) groups excluding carboxylic acids is 2. The summed E-state index contributed by atoms with van der Waals surface area (Å²) < 4.78 is 2.14. The molecule has 0 saturated carbocycles. The van der Waals surface area contributed by atoms with Crippen molar-refractivity contribution in [1.82, 2.24) is 9.47 Å². The first kappa shape index (κ1) is 16.2. The maximum atomic E-state index is 12.3. The minimum absolute atomic E-state index is 0.120. The molecule has 25 heavy (non-hydrogen) atoms. The average molecular weight is 371 g/mol. The maximum absolute atomic E-state index is 12.3. The molecule has 0 aliphatic carbocycles. The predicted molar refractivity (Wildman–Crippen MR) is 101 cm³/mol. The smallest absolute Gasteiger partial charge is 0.289 e. The number of carbonyl (C=O) groups is 2. The second kappa shape index (κ2) is 6.24. The number of amides is 1. The molecule has 2 aromatic carbocycles. The Morgan fingerprint density at radius 3 is 2.52 bits per heavy atom. The molecule has 2 heterocycles. The molecular weight excluding hydrogens is 356 g/mol. The Hall–Kier alpha value is -2.24. The monoisotopic (exact) mass is 370 g/mol. The number of rotatable bonds is 3. The summed E-state index contributed by atoms with van der Waals surface area (Å²) in [5.41, 5.74) is 3.06. The molecule has 1 amide bonds. The van der Waals surface area contributed by atoms with Gasteiger partial charge in [0.05, 0.1) is 0 Å². The van der Waals surface area contributed by atoms with Gasteiger partial charge < -0.3 is 9.47 Å². The first-order valence-electron chi connectivity index (χ1n) is 7.85. The van der Waals surface area contributed by atoms with E-state index >= 15 is 0 Å². The van der Waals surface area contributed by atoms with Crippen LogP contribution < -0.4 is 0 Å². The first-order chi connectivity index (χ1) is 12.0. The Kier molecular flexibility index (Phi) is 4.06. The summed E-state index contributed by atoms with van der Waals surface area (Å²) in [6, 6.07) is 15.1. The van der Waals surface area contributed by atoms with Crippen molar-refractivity contribution in [2.75, 3.05) is 7.05 Å². The van der Waals surface area contributed by atoms with Crippen LogP contribution in [0.4, 0.5) is 4.79 Å². The summed E-state index contributed by atoms with van der Waals surface area (Å²) in [5.74, 6) is 0. The highest BCUT2D eigenvalue weighted by atomic mass is 35.5. The van der Waals surface area contributed by atoms with E-state index in [1.165, 1.54) is 4.90 Å². The number of aromatic nitrogens is 1. The molecule has 1 aliphatic heterocycles. The second-order valence-electron chi connectivity index (χ2n) is 6.05. The van der Waals surface area contributed by atoms with Crippen LogP contribution in [0.1, 0.15) is 17.2 Å². The summed E-state index contributed by atoms with van der Waals surface area (Å²) in [7, 11) is 1.68. The molecule has 3 aromatic rings. The third-order valence-electron chi connectivity index (χ3n) is 4.49. The third kappa shape index (κ3) is 2.83. The zero-order valence-corrected chi connectivity index (χ0v) is 15.1. The fraction of sp³-hybridized carbons (Fsp3) is 0.158. The molecule has 1 atom stereocenters. The highest BCUT2D eigenvalue weighted by molar-refractivity contribution is 8.26. The molecule has 0 N–H and O–H groups in total. The summed E-state index contributed by atoms with van der Waals surface area (Å²) in [5, 5.41) is 1.39. The zero-order valence-electron chi connectivity index (χ0n) is 13.5. The van der Waals surface area contributed by atoms with E-state index in [-0.39, 0.29) is 10.4 Å². The van der Waals surface area contributed by atoms with Crippen molar-refractivity contribution in [3.05, 3.63) is 70.9 Å². The number of fused-ring (bicyclic) bond motifs is 1. The van der Waals surface area contributed by atoms with Gasteiger partial charge in [-0.2, -0.15) is 0 Å². The van der Waals surface area contributed by atoms with Gasteiger partial charge in [-0.25, -0.2) is 0 Å². The summed E-state index contributed by atoms with van der Waals surface area (Å²) in [6.45, 7) is 0.715. The topological polar surface area (TPSA) is 42.3 Å². The van der Waals surface area contributed by atoms with Gasteiger partial charge in [-0.3, -0.25) is 9.59 Å². The first-order valence-corrected chi connectivity index (χ1v) is 9.05. The highest BCUT2D eigenvalue weighted by Gasteiger charge is 2.39. The molecule has 6 heteroatoms. The van der Waals surface area contributed by atoms with Crippen molar-refractivity contribution in [1.29, 1.82) is 0 Å². The molecule has 0 bridgehead atoms. The van der Waals surface area contributed by atoms with Crippen LogP contribution in [-0.2, 0) is 11.3 Å². The van der Waals surface area contributed by atoms with Crippen LogP contribution in [0, 0.1) is 0 Å². The van der Waals surface area contributed by atoms with Crippen LogP contribution in [0.3, 0.4) is 0 Å². The van der Waals surface area contributed by atoms with Gasteiger partial charge in [-0.1, -0.05) is 35.9 Å². The van der Waals surface area contributed by atoms with Crippen LogP contribution >= 0.6 is 23.4 Å². The molecule has 0 radical (unpaired) electrons. The minimum Gasteiger partial charge on any atom is -0.343 e. The zero-order chi connectivity index (χ0) is 17.6. The van der Waals surface area contributed by atoms with Crippen molar-refractivity contribution in [2.45, 2.75) is 12.6 Å². The molecule has 1 aromatic heterocycles. The standard InChI is InChI=1S/C19H15ClN2O2S/c1-21-17(18(23)25-19(21)24)15-3-2-4-16-14(15)9-10-22(16)11-12-5-7-13(20)8-6-12/h2-10,17H,11H2,1H3. The molecule has 4 rings (SSSR count). The quantitative estimate of drug-likeness (QED) is 0.670. The van der Waals surface area contributed by atoms with E-state index in [0.29, 0.717) is 11.6 Å². The van der Waals surface area contributed by atoms with Gasteiger partial charge in [0.1, 0.15) is 6.04 Å². The van der Waals surface area contributed by atoms with Crippen LogP contribution in [0.5, 0.6) is 0 Å². The largest absolute Gasteiger partial charge is 0.343 e. The lowest BCUT2D eigenvalue weighted by atomic mass is 10.0. The highest BCUT2D eigenvalue weighted by Crippen LogP contribution is 2.38. The summed E-state index contributed by atoms with van der Waals surface area (Å²) >= 11 is 6.73. The van der Waals surface area contributed by atoms with Crippen molar-refractivity contribution < 1.29 is 9.59 Å². The molecule has 1 fully saturated rings. The van der Waals surface area contributed by atoms with Crippen LogP contribution in [-0.4, -0.2) is 26.9 Å². The lowest BCUT2D eigenvalue weighted by Gasteiger charge is -2.18. The number of thioether (sulfide) groups is 1. The lowest BCUT2D eigenvalue weighted by Crippen LogP contribution is -2.23. The fourth-order valence-corrected chi connectivity index (χ4v) is 4.17. The molecule has 0 spiro atoms. The average Bonchev–Trinajstić information content (AvgIpc) is 3.11. The molecule has 1 unspecified atom stereocenters. The van der Waals surface area contributed by atoms with Crippen molar-refractivity contribution in [2.24, 2.45) is 0 Å². The normalized spacial score (nSPS) is 17.7. The summed E-state index contributed by atoms with van der Waals surface area (Å²) in [6.07, 6.45) is 2.01. The van der Waals surface area contributed by atoms with Gasteiger partial charge in [-0.15, -0.1) is 0 Å². The Labute approximate surface area is 154 Å². The van der Waals surface area contributed by atoms with E-state index in [4.69, 9.17) is 11.6 Å². The Morgan fingerprint density at radius 2 is 1.84 bits per heavy atom. The third-order valence-corrected chi connectivity index (χ3v) is 5.63. The molecular formula is C19H15ClN2O2S. The van der Waals surface area contributed by atoms with Crippen LogP contribution in [0.25, 0.3) is 10.9 Å². The van der Waals surface area contributed by atoms with E-state index in [0.717, 1.165) is 33.8 Å². The molecule has 1 saturated heterocycles. The van der Waals surface area contributed by atoms with Crippen LogP contribution in [0.15, 0.2) is 54.7 Å². The fourth-order valence-electron chi connectivity index (χ4n) is 3.22. The van der Waals surface area contributed by atoms with E-state index in [2.05, 4.69) is 4.57 Å². The van der Waals surface area contributed by atoms with Crippen molar-refractivity contribution >= 4 is 44.6 Å². The Morgan fingerprint density at radius 1 is 1.08 bits per heavy atom. The van der Waals surface area contributed by atoms with Gasteiger partial charge >= 0.3 is 0 Å². The molecule has 4 nitrogen and oxygen atoms in total. The van der Waals surface area contributed by atoms with Crippen molar-refractivity contribution in [3.8, 4) is 0 Å². The predicted octanol–water partition coefficient (Wildman–Crippen LogP) is 4.71. The lowest BCUT2D eigenvalue weighted by molar-refractivity contribution is -0.113. The number of hydrogen-bond donors (Lipinski definition) is 0. The maximum Gasteiger partial charge on any atom is 0.289 e. The number of hydrogen-bond acceptors (Lipinski definition) is 3. The number of benzene rings is 2. The summed E-state index contributed by atoms with van der Waals surface area (Å²) in [4.78, 5) is 25.6. The molecule has 126 valence electrons. The minimum atomic E-state index is -0.521. The number of halogens is 1. The van der Waals surface area contributed by atoms with E-state index < -0.39 is 6.04 Å². The second-order valence-corrected chi connectivity index (χ2v) is 7.44. The molecule has 1 aliphatic rings. The SMILES string of the molecule is CN1C(=O)SC(=O)C1c1cccc2c1ccn2Cc1ccc(Cl)cc1. The number of nitrogens with zero attached hydrogens (tertiary/aromatic N) is 2. The van der Waals surface area contributed by atoms with Gasteiger partial charge in [0.2, 0.25) is 5.12 Å². The van der Waals surface area contributed by atoms with E-state index in [1.807, 2.05) is 54.7 Å². The Bertz CT molecular complexity index is 981. The number of likely N-dealkylation sites (N-methyl/N-ethyl adjacent to an activating group) is 1. The van der Waals surface area contributed by atoms with Crippen LogP contribution in [0.2, 0.25) is 5.02 Å². The van der Waals surface area contributed by atoms with E-state index in [1.54, 1.807) is 7.05 Å². The van der Waals surface area contributed by atoms with Gasteiger partial charge in [0.25, 0.3) is 5.24 Å². The van der Waals surface area contributed by atoms with Gasteiger partial charge in [0.15, 0.2) is 0 Å².